The first kappa shape index (κ1) is 17.2. The molecule has 26 heavy (non-hydrogen) atoms. The molecule has 0 radical (unpaired) electrons. The summed E-state index contributed by atoms with van der Waals surface area (Å²) in [4.78, 5) is 16.9. The Morgan fingerprint density at radius 1 is 1.23 bits per heavy atom. The third-order valence-corrected chi connectivity index (χ3v) is 5.42. The molecule has 1 atom stereocenters. The van der Waals surface area contributed by atoms with Crippen LogP contribution in [0.15, 0.2) is 36.4 Å². The molecule has 1 fully saturated rings. The van der Waals surface area contributed by atoms with E-state index in [9.17, 15) is 4.79 Å². The Morgan fingerprint density at radius 3 is 2.96 bits per heavy atom. The van der Waals surface area contributed by atoms with E-state index in [2.05, 4.69) is 15.6 Å². The molecular formula is C19H21N3O3S. The predicted octanol–water partition coefficient (Wildman–Crippen LogP) is 2.55. The second kappa shape index (κ2) is 7.97. The number of carbonyl (C=O) groups excluding carboxylic acids is 1. The van der Waals surface area contributed by atoms with Crippen LogP contribution in [-0.2, 0) is 4.79 Å². The second-order valence-corrected chi connectivity index (χ2v) is 7.39. The van der Waals surface area contributed by atoms with Crippen molar-refractivity contribution in [3.05, 3.63) is 36.4 Å². The predicted molar refractivity (Wildman–Crippen MR) is 103 cm³/mol. The van der Waals surface area contributed by atoms with E-state index in [4.69, 9.17) is 9.47 Å². The zero-order valence-corrected chi connectivity index (χ0v) is 15.2. The van der Waals surface area contributed by atoms with Crippen LogP contribution < -0.4 is 20.1 Å². The van der Waals surface area contributed by atoms with Crippen molar-refractivity contribution in [2.45, 2.75) is 12.5 Å². The average molecular weight is 371 g/mol. The molecule has 6 nitrogen and oxygen atoms in total. The summed E-state index contributed by atoms with van der Waals surface area (Å²) in [6.07, 6.45) is 0.461. The fourth-order valence-corrected chi connectivity index (χ4v) is 3.99. The summed E-state index contributed by atoms with van der Waals surface area (Å²) in [6, 6.07) is 11.6. The van der Waals surface area contributed by atoms with Gasteiger partial charge in [0, 0.05) is 36.1 Å². The van der Waals surface area contributed by atoms with E-state index in [0.29, 0.717) is 25.5 Å². The Bertz CT molecular complexity index is 793. The minimum Gasteiger partial charge on any atom is -0.486 e. The summed E-state index contributed by atoms with van der Waals surface area (Å²) in [5, 5.41) is 6.28. The molecule has 2 aliphatic rings. The summed E-state index contributed by atoms with van der Waals surface area (Å²) in [6.45, 7) is 2.08. The van der Waals surface area contributed by atoms with Crippen molar-refractivity contribution in [2.24, 2.45) is 0 Å². The molecule has 4 rings (SSSR count). The number of amides is 1. The lowest BCUT2D eigenvalue weighted by Gasteiger charge is -2.22. The van der Waals surface area contributed by atoms with E-state index in [0.717, 1.165) is 40.8 Å². The van der Waals surface area contributed by atoms with Gasteiger partial charge in [0.05, 0.1) is 5.69 Å². The molecule has 0 aliphatic carbocycles. The van der Waals surface area contributed by atoms with Gasteiger partial charge in [0.25, 0.3) is 0 Å². The van der Waals surface area contributed by atoms with Gasteiger partial charge in [-0.25, -0.2) is 4.98 Å². The van der Waals surface area contributed by atoms with Gasteiger partial charge in [-0.3, -0.25) is 4.79 Å². The SMILES string of the molecule is O=C(CC1CSCCN1)Nc1cccc(-c2ccc3c(c2)OCCO3)n1. The molecule has 3 heterocycles. The molecule has 0 spiro atoms. The first-order valence-corrected chi connectivity index (χ1v) is 9.91. The van der Waals surface area contributed by atoms with Crippen molar-refractivity contribution < 1.29 is 14.3 Å². The number of anilines is 1. The highest BCUT2D eigenvalue weighted by Crippen LogP contribution is 2.34. The summed E-state index contributed by atoms with van der Waals surface area (Å²) in [7, 11) is 0. The third kappa shape index (κ3) is 4.11. The molecule has 1 aromatic carbocycles. The lowest BCUT2D eigenvalue weighted by molar-refractivity contribution is -0.116. The minimum absolute atomic E-state index is 0.0168. The molecule has 2 aliphatic heterocycles. The van der Waals surface area contributed by atoms with Gasteiger partial charge in [-0.2, -0.15) is 11.8 Å². The van der Waals surface area contributed by atoms with Crippen molar-refractivity contribution in [3.63, 3.8) is 0 Å². The van der Waals surface area contributed by atoms with E-state index in [-0.39, 0.29) is 11.9 Å². The smallest absolute Gasteiger partial charge is 0.227 e. The lowest BCUT2D eigenvalue weighted by atomic mass is 10.1. The van der Waals surface area contributed by atoms with Crippen molar-refractivity contribution in [1.29, 1.82) is 0 Å². The molecular weight excluding hydrogens is 350 g/mol. The molecule has 2 N–H and O–H groups in total. The van der Waals surface area contributed by atoms with Crippen molar-refractivity contribution in [2.75, 3.05) is 36.6 Å². The van der Waals surface area contributed by atoms with Gasteiger partial charge in [0.2, 0.25) is 5.91 Å². The largest absolute Gasteiger partial charge is 0.486 e. The molecule has 1 aromatic heterocycles. The number of fused-ring (bicyclic) bond motifs is 1. The maximum Gasteiger partial charge on any atom is 0.227 e. The summed E-state index contributed by atoms with van der Waals surface area (Å²) in [5.74, 6) is 4.10. The highest BCUT2D eigenvalue weighted by molar-refractivity contribution is 7.99. The first-order chi connectivity index (χ1) is 12.8. The van der Waals surface area contributed by atoms with E-state index in [1.54, 1.807) is 0 Å². The molecule has 0 saturated carbocycles. The van der Waals surface area contributed by atoms with Gasteiger partial charge in [-0.05, 0) is 30.3 Å². The Balaban J connectivity index is 1.45. The Kier molecular flexibility index (Phi) is 5.26. The zero-order chi connectivity index (χ0) is 17.8. The Morgan fingerprint density at radius 2 is 2.12 bits per heavy atom. The fourth-order valence-electron chi connectivity index (χ4n) is 3.04. The van der Waals surface area contributed by atoms with Crippen LogP contribution >= 0.6 is 11.8 Å². The Hall–Kier alpha value is -2.25. The molecule has 136 valence electrons. The molecule has 7 heteroatoms. The number of pyridine rings is 1. The quantitative estimate of drug-likeness (QED) is 0.861. The maximum absolute atomic E-state index is 12.3. The molecule has 0 bridgehead atoms. The van der Waals surface area contributed by atoms with Crippen molar-refractivity contribution in [1.82, 2.24) is 10.3 Å². The topological polar surface area (TPSA) is 72.5 Å². The number of hydrogen-bond donors (Lipinski definition) is 2. The normalized spacial score (nSPS) is 19.0. The van der Waals surface area contributed by atoms with E-state index >= 15 is 0 Å². The van der Waals surface area contributed by atoms with Crippen molar-refractivity contribution in [3.8, 4) is 22.8 Å². The van der Waals surface area contributed by atoms with Gasteiger partial charge in [-0.15, -0.1) is 0 Å². The van der Waals surface area contributed by atoms with Gasteiger partial charge in [0.15, 0.2) is 11.5 Å². The number of thioether (sulfide) groups is 1. The number of aromatic nitrogens is 1. The average Bonchev–Trinajstić information content (AvgIpc) is 2.68. The molecule has 1 amide bonds. The second-order valence-electron chi connectivity index (χ2n) is 6.24. The summed E-state index contributed by atoms with van der Waals surface area (Å²) >= 11 is 1.88. The van der Waals surface area contributed by atoms with Crippen molar-refractivity contribution >= 4 is 23.5 Å². The monoisotopic (exact) mass is 371 g/mol. The number of nitrogens with zero attached hydrogens (tertiary/aromatic N) is 1. The highest BCUT2D eigenvalue weighted by Gasteiger charge is 2.17. The van der Waals surface area contributed by atoms with E-state index in [1.165, 1.54) is 0 Å². The number of hydrogen-bond acceptors (Lipinski definition) is 6. The summed E-state index contributed by atoms with van der Waals surface area (Å²) in [5.41, 5.74) is 1.71. The van der Waals surface area contributed by atoms with Crippen LogP contribution in [0.25, 0.3) is 11.3 Å². The molecule has 2 aromatic rings. The van der Waals surface area contributed by atoms with Crippen LogP contribution in [0.3, 0.4) is 0 Å². The van der Waals surface area contributed by atoms with Gasteiger partial charge >= 0.3 is 0 Å². The highest BCUT2D eigenvalue weighted by atomic mass is 32.2. The number of rotatable bonds is 4. The van der Waals surface area contributed by atoms with Crippen LogP contribution in [0.2, 0.25) is 0 Å². The van der Waals surface area contributed by atoms with Gasteiger partial charge in [-0.1, -0.05) is 6.07 Å². The number of benzene rings is 1. The third-order valence-electron chi connectivity index (χ3n) is 4.28. The van der Waals surface area contributed by atoms with Gasteiger partial charge < -0.3 is 20.1 Å². The van der Waals surface area contributed by atoms with Crippen LogP contribution in [0.4, 0.5) is 5.82 Å². The molecule has 1 unspecified atom stereocenters. The number of ether oxygens (including phenoxy) is 2. The van der Waals surface area contributed by atoms with Crippen LogP contribution in [0, 0.1) is 0 Å². The number of nitrogens with one attached hydrogen (secondary N) is 2. The maximum atomic E-state index is 12.3. The Labute approximate surface area is 156 Å². The van der Waals surface area contributed by atoms with E-state index in [1.807, 2.05) is 48.2 Å². The molecule has 1 saturated heterocycles. The summed E-state index contributed by atoms with van der Waals surface area (Å²) < 4.78 is 11.2. The standard InChI is InChI=1S/C19H21N3O3S/c23-19(11-14-12-26-9-6-20-14)22-18-3-1-2-15(21-18)13-4-5-16-17(10-13)25-8-7-24-16/h1-5,10,14,20H,6-9,11-12H2,(H,21,22,23). The minimum atomic E-state index is -0.0168. The lowest BCUT2D eigenvalue weighted by Crippen LogP contribution is -2.39. The first-order valence-electron chi connectivity index (χ1n) is 8.76. The van der Waals surface area contributed by atoms with Crippen LogP contribution in [0.1, 0.15) is 6.42 Å². The van der Waals surface area contributed by atoms with Gasteiger partial charge in [0.1, 0.15) is 19.0 Å². The van der Waals surface area contributed by atoms with Crippen LogP contribution in [0.5, 0.6) is 11.5 Å². The van der Waals surface area contributed by atoms with E-state index < -0.39 is 0 Å². The fraction of sp³-hybridized carbons (Fsp3) is 0.368. The number of carbonyl (C=O) groups is 1. The van der Waals surface area contributed by atoms with Crippen LogP contribution in [-0.4, -0.2) is 48.2 Å². The zero-order valence-electron chi connectivity index (χ0n) is 14.4.